The maximum atomic E-state index is 6.55. The van der Waals surface area contributed by atoms with Crippen LogP contribution in [0.1, 0.15) is 27.7 Å². The molecular formula is C32H32O2P2. The molecule has 0 aliphatic carbocycles. The fourth-order valence-corrected chi connectivity index (χ4v) is 9.60. The van der Waals surface area contributed by atoms with Crippen LogP contribution in [0, 0.1) is 0 Å². The van der Waals surface area contributed by atoms with Gasteiger partial charge in [-0.3, -0.25) is 0 Å². The largest absolute Gasteiger partial charge is 0.488 e. The molecule has 2 heterocycles. The third-order valence-corrected chi connectivity index (χ3v) is 12.5. The highest BCUT2D eigenvalue weighted by Crippen LogP contribution is 2.59. The Balaban J connectivity index is 1.60. The van der Waals surface area contributed by atoms with E-state index in [0.717, 1.165) is 30.4 Å². The van der Waals surface area contributed by atoms with Gasteiger partial charge in [0.15, 0.2) is 0 Å². The molecule has 2 nitrogen and oxygen atoms in total. The van der Waals surface area contributed by atoms with Crippen LogP contribution in [0.4, 0.5) is 0 Å². The lowest BCUT2D eigenvalue weighted by Gasteiger charge is -2.28. The summed E-state index contributed by atoms with van der Waals surface area (Å²) in [6, 6.07) is 30.6. The minimum atomic E-state index is -0.485. The van der Waals surface area contributed by atoms with E-state index in [1.807, 2.05) is 0 Å². The molecule has 4 heteroatoms. The van der Waals surface area contributed by atoms with E-state index >= 15 is 0 Å². The molecular weight excluding hydrogens is 478 g/mol. The van der Waals surface area contributed by atoms with Crippen molar-refractivity contribution in [3.8, 4) is 44.9 Å². The van der Waals surface area contributed by atoms with Crippen molar-refractivity contribution < 1.29 is 9.47 Å². The van der Waals surface area contributed by atoms with Crippen LogP contribution >= 0.6 is 15.8 Å². The number of rotatable bonds is 4. The SMILES string of the molecule is CC[P@@]1COc2c(-c3ccccc3)ccc(-c3ccc(-c4ccccc4)c4c3[P@@](C(C)(C)C)CO4)c21. The van der Waals surface area contributed by atoms with Crippen molar-refractivity contribution in [3.05, 3.63) is 84.9 Å². The third kappa shape index (κ3) is 3.96. The summed E-state index contributed by atoms with van der Waals surface area (Å²) in [6.07, 6.45) is 2.73. The summed E-state index contributed by atoms with van der Waals surface area (Å²) in [6.45, 7) is 9.39. The van der Waals surface area contributed by atoms with Crippen LogP contribution in [0.5, 0.6) is 11.5 Å². The summed E-state index contributed by atoms with van der Waals surface area (Å²) < 4.78 is 13.0. The second-order valence-corrected chi connectivity index (χ2v) is 15.7. The first-order chi connectivity index (χ1) is 17.5. The van der Waals surface area contributed by atoms with Gasteiger partial charge in [-0.2, -0.15) is 0 Å². The second kappa shape index (κ2) is 9.33. The number of hydrogen-bond acceptors (Lipinski definition) is 2. The highest BCUT2D eigenvalue weighted by molar-refractivity contribution is 7.68. The van der Waals surface area contributed by atoms with E-state index in [2.05, 4.69) is 113 Å². The Labute approximate surface area is 217 Å². The van der Waals surface area contributed by atoms with E-state index in [4.69, 9.17) is 9.47 Å². The average Bonchev–Trinajstić information content (AvgIpc) is 3.54. The van der Waals surface area contributed by atoms with Crippen molar-refractivity contribution >= 4 is 26.5 Å². The van der Waals surface area contributed by atoms with Crippen molar-refractivity contribution in [1.29, 1.82) is 0 Å². The Morgan fingerprint density at radius 1 is 0.611 bits per heavy atom. The Morgan fingerprint density at radius 2 is 1.08 bits per heavy atom. The van der Waals surface area contributed by atoms with Crippen LogP contribution in [-0.4, -0.2) is 24.0 Å². The summed E-state index contributed by atoms with van der Waals surface area (Å²) in [5.41, 5.74) is 7.53. The van der Waals surface area contributed by atoms with Gasteiger partial charge in [-0.15, -0.1) is 0 Å². The molecule has 182 valence electrons. The zero-order valence-corrected chi connectivity index (χ0v) is 23.2. The molecule has 6 rings (SSSR count). The smallest absolute Gasteiger partial charge is 0.136 e. The van der Waals surface area contributed by atoms with Gasteiger partial charge in [0.1, 0.15) is 24.2 Å². The van der Waals surface area contributed by atoms with Gasteiger partial charge in [0.25, 0.3) is 0 Å². The molecule has 0 N–H and O–H groups in total. The van der Waals surface area contributed by atoms with Crippen LogP contribution in [0.15, 0.2) is 84.9 Å². The van der Waals surface area contributed by atoms with Crippen LogP contribution in [0.25, 0.3) is 33.4 Å². The van der Waals surface area contributed by atoms with Crippen LogP contribution in [0.2, 0.25) is 0 Å². The van der Waals surface area contributed by atoms with E-state index in [9.17, 15) is 0 Å². The molecule has 36 heavy (non-hydrogen) atoms. The lowest BCUT2D eigenvalue weighted by atomic mass is 9.96. The van der Waals surface area contributed by atoms with Gasteiger partial charge in [0, 0.05) is 21.7 Å². The standard InChI is InChI=1S/C32H32O2P2/c1-5-35-20-33-28-24(22-12-8-6-9-13-22)16-18-26(30(28)35)27-19-17-25(23-14-10-7-11-15-23)29-31(27)36(21-34-29)32(2,3)4/h6-19H,5,20-21H2,1-4H3/t35-,36-/m0/s1. The maximum Gasteiger partial charge on any atom is 0.136 e. The van der Waals surface area contributed by atoms with Crippen molar-refractivity contribution in [2.24, 2.45) is 0 Å². The Hall–Kier alpha value is -2.66. The van der Waals surface area contributed by atoms with Gasteiger partial charge < -0.3 is 9.47 Å². The number of benzene rings is 4. The zero-order chi connectivity index (χ0) is 24.9. The molecule has 0 spiro atoms. The Morgan fingerprint density at radius 3 is 1.61 bits per heavy atom. The lowest BCUT2D eigenvalue weighted by molar-refractivity contribution is 0.401. The molecule has 0 saturated heterocycles. The first kappa shape index (κ1) is 23.7. The molecule has 0 aromatic heterocycles. The predicted octanol–water partition coefficient (Wildman–Crippen LogP) is 8.42. The molecule has 0 radical (unpaired) electrons. The van der Waals surface area contributed by atoms with Gasteiger partial charge >= 0.3 is 0 Å². The van der Waals surface area contributed by atoms with E-state index in [1.165, 1.54) is 44.0 Å². The fraction of sp³-hybridized carbons (Fsp3) is 0.250. The zero-order valence-electron chi connectivity index (χ0n) is 21.4. The normalized spacial score (nSPS) is 18.3. The highest BCUT2D eigenvalue weighted by Gasteiger charge is 2.39. The molecule has 2 atom stereocenters. The van der Waals surface area contributed by atoms with E-state index < -0.39 is 7.92 Å². The molecule has 0 amide bonds. The third-order valence-electron chi connectivity index (χ3n) is 7.20. The highest BCUT2D eigenvalue weighted by atomic mass is 31.1. The van der Waals surface area contributed by atoms with Crippen LogP contribution < -0.4 is 20.1 Å². The number of fused-ring (bicyclic) bond motifs is 2. The molecule has 4 aromatic rings. The van der Waals surface area contributed by atoms with Crippen molar-refractivity contribution in [3.63, 3.8) is 0 Å². The monoisotopic (exact) mass is 510 g/mol. The van der Waals surface area contributed by atoms with E-state index in [0.29, 0.717) is 0 Å². The minimum absolute atomic E-state index is 0.157. The van der Waals surface area contributed by atoms with Crippen molar-refractivity contribution in [2.45, 2.75) is 32.9 Å². The Kier molecular flexibility index (Phi) is 6.15. The summed E-state index contributed by atoms with van der Waals surface area (Å²) in [7, 11) is -0.852. The number of hydrogen-bond donors (Lipinski definition) is 0. The van der Waals surface area contributed by atoms with E-state index in [1.54, 1.807) is 0 Å². The summed E-state index contributed by atoms with van der Waals surface area (Å²) in [4.78, 5) is 0. The van der Waals surface area contributed by atoms with Gasteiger partial charge in [0.2, 0.25) is 0 Å². The first-order valence-electron chi connectivity index (χ1n) is 12.7. The minimum Gasteiger partial charge on any atom is -0.488 e. The van der Waals surface area contributed by atoms with Gasteiger partial charge in [-0.05, 0) is 61.5 Å². The summed E-state index contributed by atoms with van der Waals surface area (Å²) >= 11 is 0. The molecule has 0 fully saturated rings. The van der Waals surface area contributed by atoms with E-state index in [-0.39, 0.29) is 13.1 Å². The molecule has 0 saturated carbocycles. The molecule has 0 unspecified atom stereocenters. The molecule has 0 bridgehead atoms. The first-order valence-corrected chi connectivity index (χ1v) is 15.9. The molecule has 2 aliphatic rings. The summed E-state index contributed by atoms with van der Waals surface area (Å²) in [5, 5.41) is 3.01. The molecule has 4 aromatic carbocycles. The van der Waals surface area contributed by atoms with Crippen molar-refractivity contribution in [1.82, 2.24) is 0 Å². The lowest BCUT2D eigenvalue weighted by Crippen LogP contribution is -2.20. The average molecular weight is 511 g/mol. The van der Waals surface area contributed by atoms with Crippen LogP contribution in [-0.2, 0) is 0 Å². The summed E-state index contributed by atoms with van der Waals surface area (Å²) in [5.74, 6) is 2.17. The quantitative estimate of drug-likeness (QED) is 0.257. The predicted molar refractivity (Wildman–Crippen MR) is 157 cm³/mol. The maximum absolute atomic E-state index is 6.55. The number of ether oxygens (including phenoxy) is 2. The van der Waals surface area contributed by atoms with Crippen LogP contribution in [0.3, 0.4) is 0 Å². The van der Waals surface area contributed by atoms with Gasteiger partial charge in [0.05, 0.1) is 0 Å². The van der Waals surface area contributed by atoms with Gasteiger partial charge in [-0.1, -0.05) is 100 Å². The topological polar surface area (TPSA) is 18.5 Å². The van der Waals surface area contributed by atoms with Gasteiger partial charge in [-0.25, -0.2) is 0 Å². The Bertz CT molecular complexity index is 1410. The fourth-order valence-electron chi connectivity index (χ4n) is 5.32. The van der Waals surface area contributed by atoms with Crippen molar-refractivity contribution in [2.75, 3.05) is 18.9 Å². The molecule has 2 aliphatic heterocycles. The second-order valence-electron chi connectivity index (χ2n) is 10.4.